The number of aliphatic hydroxyl groups excluding tert-OH is 1. The van der Waals surface area contributed by atoms with Gasteiger partial charge in [-0.1, -0.05) is 30.3 Å². The SMILES string of the molecule is CC(C)(O)c1ccc(-c2cc(C(N)=O)c(Nc3cccc(C(C)(O)CO)n3)s2)cc1. The summed E-state index contributed by atoms with van der Waals surface area (Å²) in [4.78, 5) is 17.1. The van der Waals surface area contributed by atoms with E-state index in [0.717, 1.165) is 16.0 Å². The third-order valence-electron chi connectivity index (χ3n) is 4.72. The Morgan fingerprint density at radius 1 is 1.13 bits per heavy atom. The van der Waals surface area contributed by atoms with Gasteiger partial charge in [-0.3, -0.25) is 4.79 Å². The van der Waals surface area contributed by atoms with Gasteiger partial charge >= 0.3 is 0 Å². The van der Waals surface area contributed by atoms with Gasteiger partial charge in [-0.05, 0) is 50.1 Å². The Labute approximate surface area is 178 Å². The minimum Gasteiger partial charge on any atom is -0.393 e. The first kappa shape index (κ1) is 21.9. The lowest BCUT2D eigenvalue weighted by molar-refractivity contribution is -0.00573. The lowest BCUT2D eigenvalue weighted by Crippen LogP contribution is -2.27. The Morgan fingerprint density at radius 2 is 1.80 bits per heavy atom. The third-order valence-corrected chi connectivity index (χ3v) is 5.82. The lowest BCUT2D eigenvalue weighted by atomic mass is 9.97. The van der Waals surface area contributed by atoms with Crippen LogP contribution in [0.4, 0.5) is 10.8 Å². The standard InChI is InChI=1S/C22H25N3O4S/c1-21(2,28)14-9-7-13(8-10-14)16-11-15(19(23)27)20(30-16)25-18-6-4-5-17(24-18)22(3,29)12-26/h4-11,26,28-29H,12H2,1-3H3,(H2,23,27)(H,24,25). The maximum atomic E-state index is 12.0. The number of carbonyl (C=O) groups excluding carboxylic acids is 1. The Morgan fingerprint density at radius 3 is 2.37 bits per heavy atom. The van der Waals surface area contributed by atoms with Gasteiger partial charge in [0.15, 0.2) is 0 Å². The predicted molar refractivity (Wildman–Crippen MR) is 118 cm³/mol. The number of nitrogens with zero attached hydrogens (tertiary/aromatic N) is 1. The van der Waals surface area contributed by atoms with Gasteiger partial charge < -0.3 is 26.4 Å². The van der Waals surface area contributed by atoms with Crippen molar-refractivity contribution in [2.24, 2.45) is 5.73 Å². The van der Waals surface area contributed by atoms with Crippen LogP contribution in [0.1, 0.15) is 42.4 Å². The van der Waals surface area contributed by atoms with Crippen LogP contribution in [0.2, 0.25) is 0 Å². The minimum absolute atomic E-state index is 0.301. The number of anilines is 2. The number of thiophene rings is 1. The number of aliphatic hydroxyl groups is 3. The van der Waals surface area contributed by atoms with Crippen molar-refractivity contribution in [2.75, 3.05) is 11.9 Å². The van der Waals surface area contributed by atoms with Crippen LogP contribution in [0.15, 0.2) is 48.5 Å². The Hall–Kier alpha value is -2.78. The van der Waals surface area contributed by atoms with Crippen LogP contribution in [-0.2, 0) is 11.2 Å². The van der Waals surface area contributed by atoms with Crippen LogP contribution < -0.4 is 11.1 Å². The third kappa shape index (κ3) is 4.68. The Balaban J connectivity index is 1.94. The molecule has 1 atom stereocenters. The second kappa shape index (κ2) is 8.16. The summed E-state index contributed by atoms with van der Waals surface area (Å²) in [6.07, 6.45) is 0. The number of hydrogen-bond acceptors (Lipinski definition) is 7. The van der Waals surface area contributed by atoms with Crippen molar-refractivity contribution < 1.29 is 20.1 Å². The van der Waals surface area contributed by atoms with E-state index in [0.29, 0.717) is 22.1 Å². The van der Waals surface area contributed by atoms with E-state index < -0.39 is 23.7 Å². The van der Waals surface area contributed by atoms with E-state index >= 15 is 0 Å². The molecule has 2 heterocycles. The summed E-state index contributed by atoms with van der Waals surface area (Å²) in [7, 11) is 0. The maximum Gasteiger partial charge on any atom is 0.251 e. The first-order chi connectivity index (χ1) is 14.0. The Kier molecular flexibility index (Phi) is 5.96. The summed E-state index contributed by atoms with van der Waals surface area (Å²) in [6.45, 7) is 4.43. The van der Waals surface area contributed by atoms with Crippen LogP contribution >= 0.6 is 11.3 Å². The van der Waals surface area contributed by atoms with Gasteiger partial charge in [0.2, 0.25) is 0 Å². The first-order valence-corrected chi connectivity index (χ1v) is 10.2. The zero-order chi connectivity index (χ0) is 22.1. The average molecular weight is 428 g/mol. The van der Waals surface area contributed by atoms with Crippen molar-refractivity contribution in [3.8, 4) is 10.4 Å². The molecule has 3 rings (SSSR count). The molecule has 0 saturated carbocycles. The second-order valence-electron chi connectivity index (χ2n) is 7.82. The number of benzene rings is 1. The summed E-state index contributed by atoms with van der Waals surface area (Å²) in [5.74, 6) is -0.166. The fourth-order valence-electron chi connectivity index (χ4n) is 2.85. The van der Waals surface area contributed by atoms with E-state index in [1.165, 1.54) is 18.3 Å². The zero-order valence-corrected chi connectivity index (χ0v) is 17.8. The second-order valence-corrected chi connectivity index (χ2v) is 8.87. The smallest absolute Gasteiger partial charge is 0.251 e. The van der Waals surface area contributed by atoms with Crippen LogP contribution in [0.25, 0.3) is 10.4 Å². The van der Waals surface area contributed by atoms with E-state index in [-0.39, 0.29) is 0 Å². The normalized spacial score (nSPS) is 13.7. The van der Waals surface area contributed by atoms with Gasteiger partial charge in [-0.2, -0.15) is 0 Å². The number of nitrogens with one attached hydrogen (secondary N) is 1. The molecule has 7 nitrogen and oxygen atoms in total. The van der Waals surface area contributed by atoms with Gasteiger partial charge in [0.05, 0.1) is 23.5 Å². The quantitative estimate of drug-likeness (QED) is 0.394. The largest absolute Gasteiger partial charge is 0.393 e. The van der Waals surface area contributed by atoms with Gasteiger partial charge in [-0.25, -0.2) is 4.98 Å². The molecule has 2 aromatic heterocycles. The van der Waals surface area contributed by atoms with Gasteiger partial charge in [-0.15, -0.1) is 11.3 Å². The highest BCUT2D eigenvalue weighted by molar-refractivity contribution is 7.19. The number of amides is 1. The highest BCUT2D eigenvalue weighted by Gasteiger charge is 2.24. The number of rotatable bonds is 7. The molecule has 0 bridgehead atoms. The zero-order valence-electron chi connectivity index (χ0n) is 17.0. The summed E-state index contributed by atoms with van der Waals surface area (Å²) >= 11 is 1.34. The predicted octanol–water partition coefficient (Wildman–Crippen LogP) is 3.08. The van der Waals surface area contributed by atoms with Gasteiger partial charge in [0.25, 0.3) is 5.91 Å². The van der Waals surface area contributed by atoms with Gasteiger partial charge in [0.1, 0.15) is 16.4 Å². The van der Waals surface area contributed by atoms with Crippen LogP contribution in [0.3, 0.4) is 0 Å². The van der Waals surface area contributed by atoms with Gasteiger partial charge in [0, 0.05) is 4.88 Å². The first-order valence-electron chi connectivity index (χ1n) is 9.36. The molecule has 1 aromatic carbocycles. The monoisotopic (exact) mass is 427 g/mol. The molecule has 1 unspecified atom stereocenters. The highest BCUT2D eigenvalue weighted by atomic mass is 32.1. The number of primary amides is 1. The molecule has 0 aliphatic rings. The van der Waals surface area contributed by atoms with Crippen LogP contribution in [0, 0.1) is 0 Å². The number of pyridine rings is 1. The summed E-state index contributed by atoms with van der Waals surface area (Å²) in [6, 6.07) is 14.2. The van der Waals surface area contributed by atoms with E-state index in [1.54, 1.807) is 38.1 Å². The topological polar surface area (TPSA) is 129 Å². The van der Waals surface area contributed by atoms with E-state index in [2.05, 4.69) is 10.3 Å². The fourth-order valence-corrected chi connectivity index (χ4v) is 3.93. The van der Waals surface area contributed by atoms with Crippen molar-refractivity contribution >= 4 is 28.1 Å². The lowest BCUT2D eigenvalue weighted by Gasteiger charge is -2.20. The molecule has 30 heavy (non-hydrogen) atoms. The molecule has 3 aromatic rings. The van der Waals surface area contributed by atoms with Crippen molar-refractivity contribution in [3.05, 3.63) is 65.4 Å². The average Bonchev–Trinajstić information content (AvgIpc) is 3.12. The minimum atomic E-state index is -1.48. The number of nitrogens with two attached hydrogens (primary N) is 1. The molecule has 1 amide bonds. The molecule has 0 radical (unpaired) electrons. The van der Waals surface area contributed by atoms with Crippen LogP contribution in [-0.4, -0.2) is 32.8 Å². The molecule has 6 N–H and O–H groups in total. The summed E-state index contributed by atoms with van der Waals surface area (Å²) in [5.41, 5.74) is 5.44. The molecule has 158 valence electrons. The molecular weight excluding hydrogens is 402 g/mol. The van der Waals surface area contributed by atoms with Crippen molar-refractivity contribution in [3.63, 3.8) is 0 Å². The molecule has 0 fully saturated rings. The molecular formula is C22H25N3O4S. The molecule has 0 aliphatic carbocycles. The molecule has 0 spiro atoms. The van der Waals surface area contributed by atoms with Crippen molar-refractivity contribution in [2.45, 2.75) is 32.0 Å². The maximum absolute atomic E-state index is 12.0. The van der Waals surface area contributed by atoms with E-state index in [1.807, 2.05) is 24.3 Å². The molecule has 0 aliphatic heterocycles. The summed E-state index contributed by atoms with van der Waals surface area (Å²) < 4.78 is 0. The molecule has 0 saturated heterocycles. The Bertz CT molecular complexity index is 1050. The van der Waals surface area contributed by atoms with Crippen molar-refractivity contribution in [1.82, 2.24) is 4.98 Å². The fraction of sp³-hybridized carbons (Fsp3) is 0.273. The van der Waals surface area contributed by atoms with Crippen LogP contribution in [0.5, 0.6) is 0 Å². The number of carbonyl (C=O) groups is 1. The number of aromatic nitrogens is 1. The highest BCUT2D eigenvalue weighted by Crippen LogP contribution is 2.37. The van der Waals surface area contributed by atoms with E-state index in [9.17, 15) is 20.1 Å². The van der Waals surface area contributed by atoms with Crippen molar-refractivity contribution in [1.29, 1.82) is 0 Å². The number of hydrogen-bond donors (Lipinski definition) is 5. The molecule has 8 heteroatoms. The van der Waals surface area contributed by atoms with E-state index in [4.69, 9.17) is 5.73 Å². The summed E-state index contributed by atoms with van der Waals surface area (Å²) in [5, 5.41) is 33.3.